The maximum absolute atomic E-state index is 14.3. The molecule has 0 bridgehead atoms. The first-order valence-electron chi connectivity index (χ1n) is 12.7. The Kier molecular flexibility index (Phi) is 8.26. The van der Waals surface area contributed by atoms with E-state index in [1.165, 1.54) is 12.1 Å². The molecule has 5 rings (SSSR count). The third-order valence-corrected chi connectivity index (χ3v) is 6.32. The molecule has 202 valence electrons. The van der Waals surface area contributed by atoms with Crippen molar-refractivity contribution in [2.75, 3.05) is 22.1 Å². The van der Waals surface area contributed by atoms with Crippen molar-refractivity contribution in [1.82, 2.24) is 25.6 Å². The Balaban J connectivity index is 1.54. The Morgan fingerprint density at radius 2 is 1.75 bits per heavy atom. The van der Waals surface area contributed by atoms with Gasteiger partial charge in [-0.15, -0.1) is 5.10 Å². The van der Waals surface area contributed by atoms with Crippen LogP contribution in [0.2, 0.25) is 5.02 Å². The van der Waals surface area contributed by atoms with Crippen LogP contribution in [0, 0.1) is 5.82 Å². The standard InChI is InChI=1S/C29H26ClFN8O/c1-2-14-39(18-19-8-4-3-5-9-19)27-17-21(32-29(40)34-25-13-12-20(30)15-24(25)31)16-26(33-27)22-10-6-7-11-23(22)28-35-37-38-36-28/h3-13,15-17H,2,14,18H2,1H3,(H2,32,33,34,40)(H,35,36,37,38). The van der Waals surface area contributed by atoms with Crippen LogP contribution in [0.5, 0.6) is 0 Å². The summed E-state index contributed by atoms with van der Waals surface area (Å²) < 4.78 is 14.3. The molecule has 40 heavy (non-hydrogen) atoms. The number of carbonyl (C=O) groups is 1. The summed E-state index contributed by atoms with van der Waals surface area (Å²) in [5, 5.41) is 19.9. The van der Waals surface area contributed by atoms with E-state index in [4.69, 9.17) is 16.6 Å². The van der Waals surface area contributed by atoms with Gasteiger partial charge in [-0.1, -0.05) is 73.1 Å². The highest BCUT2D eigenvalue weighted by Crippen LogP contribution is 2.33. The second kappa shape index (κ2) is 12.4. The van der Waals surface area contributed by atoms with Gasteiger partial charge in [0.2, 0.25) is 0 Å². The quantitative estimate of drug-likeness (QED) is 0.184. The van der Waals surface area contributed by atoms with E-state index in [1.807, 2.05) is 42.5 Å². The van der Waals surface area contributed by atoms with Gasteiger partial charge in [0.1, 0.15) is 11.6 Å². The molecule has 5 aromatic rings. The largest absolute Gasteiger partial charge is 0.352 e. The molecular formula is C29H26ClFN8O. The normalized spacial score (nSPS) is 10.8. The molecule has 2 amide bonds. The minimum atomic E-state index is -0.634. The zero-order valence-electron chi connectivity index (χ0n) is 21.6. The zero-order chi connectivity index (χ0) is 27.9. The maximum atomic E-state index is 14.3. The summed E-state index contributed by atoms with van der Waals surface area (Å²) in [5.41, 5.74) is 3.74. The Hall–Kier alpha value is -4.83. The summed E-state index contributed by atoms with van der Waals surface area (Å²) in [4.78, 5) is 20.1. The fourth-order valence-corrected chi connectivity index (χ4v) is 4.46. The molecule has 0 spiro atoms. The van der Waals surface area contributed by atoms with Crippen molar-refractivity contribution in [3.63, 3.8) is 0 Å². The van der Waals surface area contributed by atoms with Crippen molar-refractivity contribution >= 4 is 34.8 Å². The van der Waals surface area contributed by atoms with Crippen LogP contribution in [-0.4, -0.2) is 38.2 Å². The highest BCUT2D eigenvalue weighted by atomic mass is 35.5. The first kappa shape index (κ1) is 26.8. The van der Waals surface area contributed by atoms with E-state index in [0.717, 1.165) is 35.7 Å². The minimum absolute atomic E-state index is 0.0104. The van der Waals surface area contributed by atoms with Crippen LogP contribution in [0.4, 0.5) is 26.4 Å². The van der Waals surface area contributed by atoms with Crippen molar-refractivity contribution < 1.29 is 9.18 Å². The second-order valence-corrected chi connectivity index (χ2v) is 9.44. The van der Waals surface area contributed by atoms with Gasteiger partial charge in [0.05, 0.1) is 11.4 Å². The molecular weight excluding hydrogens is 531 g/mol. The number of nitrogens with zero attached hydrogens (tertiary/aromatic N) is 5. The fraction of sp³-hybridized carbons (Fsp3) is 0.138. The van der Waals surface area contributed by atoms with E-state index in [9.17, 15) is 9.18 Å². The molecule has 3 aromatic carbocycles. The SMILES string of the molecule is CCCN(Cc1ccccc1)c1cc(NC(=O)Nc2ccc(Cl)cc2F)cc(-c2ccccc2-c2nnn[nH]2)n1. The Morgan fingerprint density at radius 1 is 0.975 bits per heavy atom. The molecule has 0 saturated carbocycles. The van der Waals surface area contributed by atoms with Crippen molar-refractivity contribution in [3.8, 4) is 22.6 Å². The molecule has 3 N–H and O–H groups in total. The van der Waals surface area contributed by atoms with Gasteiger partial charge in [-0.25, -0.2) is 19.3 Å². The van der Waals surface area contributed by atoms with E-state index in [-0.39, 0.29) is 10.7 Å². The Morgan fingerprint density at radius 3 is 2.48 bits per heavy atom. The Labute approximate surface area is 235 Å². The Bertz CT molecular complexity index is 1600. The number of halogens is 2. The number of nitrogens with one attached hydrogen (secondary N) is 3. The number of pyridine rings is 1. The molecule has 9 nitrogen and oxygen atoms in total. The molecule has 2 heterocycles. The number of benzene rings is 3. The van der Waals surface area contributed by atoms with Gasteiger partial charge < -0.3 is 15.5 Å². The molecule has 2 aromatic heterocycles. The van der Waals surface area contributed by atoms with Crippen molar-refractivity contribution in [1.29, 1.82) is 0 Å². The second-order valence-electron chi connectivity index (χ2n) is 9.01. The average Bonchev–Trinajstić information content (AvgIpc) is 3.50. The van der Waals surface area contributed by atoms with Gasteiger partial charge in [0, 0.05) is 41.0 Å². The number of aromatic amines is 1. The monoisotopic (exact) mass is 556 g/mol. The van der Waals surface area contributed by atoms with E-state index < -0.39 is 11.8 Å². The number of anilines is 3. The van der Waals surface area contributed by atoms with Crippen LogP contribution in [-0.2, 0) is 6.54 Å². The summed E-state index contributed by atoms with van der Waals surface area (Å²) in [6, 6.07) is 24.7. The van der Waals surface area contributed by atoms with Crippen LogP contribution in [0.3, 0.4) is 0 Å². The highest BCUT2D eigenvalue weighted by Gasteiger charge is 2.17. The summed E-state index contributed by atoms with van der Waals surface area (Å²) in [7, 11) is 0. The van der Waals surface area contributed by atoms with Crippen LogP contribution < -0.4 is 15.5 Å². The number of H-pyrrole nitrogens is 1. The van der Waals surface area contributed by atoms with Crippen molar-refractivity contribution in [2.45, 2.75) is 19.9 Å². The number of amides is 2. The molecule has 0 aliphatic carbocycles. The lowest BCUT2D eigenvalue weighted by atomic mass is 10.0. The number of tetrazole rings is 1. The lowest BCUT2D eigenvalue weighted by molar-refractivity contribution is 0.262. The molecule has 0 aliphatic heterocycles. The molecule has 11 heteroatoms. The summed E-state index contributed by atoms with van der Waals surface area (Å²) in [6.07, 6.45) is 0.887. The van der Waals surface area contributed by atoms with Crippen LogP contribution in [0.25, 0.3) is 22.6 Å². The third-order valence-electron chi connectivity index (χ3n) is 6.09. The zero-order valence-corrected chi connectivity index (χ0v) is 22.4. The molecule has 0 radical (unpaired) electrons. The summed E-state index contributed by atoms with van der Waals surface area (Å²) in [5.74, 6) is 0.523. The van der Waals surface area contributed by atoms with Crippen molar-refractivity contribution in [3.05, 3.63) is 101 Å². The van der Waals surface area contributed by atoms with Gasteiger partial charge in [-0.05, 0) is 46.7 Å². The number of rotatable bonds is 9. The topological polar surface area (TPSA) is 112 Å². The summed E-state index contributed by atoms with van der Waals surface area (Å²) in [6.45, 7) is 3.46. The van der Waals surface area contributed by atoms with E-state index in [2.05, 4.69) is 55.2 Å². The first-order chi connectivity index (χ1) is 19.5. The van der Waals surface area contributed by atoms with Gasteiger partial charge in [0.25, 0.3) is 0 Å². The molecule has 0 atom stereocenters. The lowest BCUT2D eigenvalue weighted by Gasteiger charge is -2.25. The van der Waals surface area contributed by atoms with Crippen LogP contribution in [0.15, 0.2) is 84.9 Å². The van der Waals surface area contributed by atoms with Gasteiger partial charge in [-0.3, -0.25) is 0 Å². The number of aromatic nitrogens is 5. The fourth-order valence-electron chi connectivity index (χ4n) is 4.30. The van der Waals surface area contributed by atoms with E-state index in [1.54, 1.807) is 12.1 Å². The predicted molar refractivity (Wildman–Crippen MR) is 155 cm³/mol. The van der Waals surface area contributed by atoms with Crippen LogP contribution in [0.1, 0.15) is 18.9 Å². The van der Waals surface area contributed by atoms with Crippen LogP contribution >= 0.6 is 11.6 Å². The van der Waals surface area contributed by atoms with E-state index >= 15 is 0 Å². The number of urea groups is 1. The summed E-state index contributed by atoms with van der Waals surface area (Å²) >= 11 is 5.84. The van der Waals surface area contributed by atoms with Gasteiger partial charge in [-0.2, -0.15) is 0 Å². The highest BCUT2D eigenvalue weighted by molar-refractivity contribution is 6.30. The smallest absolute Gasteiger partial charge is 0.323 e. The lowest BCUT2D eigenvalue weighted by Crippen LogP contribution is -2.25. The average molecular weight is 557 g/mol. The van der Waals surface area contributed by atoms with Gasteiger partial charge >= 0.3 is 6.03 Å². The molecule has 0 unspecified atom stereocenters. The number of hydrogen-bond donors (Lipinski definition) is 3. The first-order valence-corrected chi connectivity index (χ1v) is 13.1. The number of hydrogen-bond acceptors (Lipinski definition) is 6. The van der Waals surface area contributed by atoms with Gasteiger partial charge in [0.15, 0.2) is 5.82 Å². The maximum Gasteiger partial charge on any atom is 0.323 e. The number of carbonyl (C=O) groups excluding carboxylic acids is 1. The van der Waals surface area contributed by atoms with Crippen molar-refractivity contribution in [2.24, 2.45) is 0 Å². The predicted octanol–water partition coefficient (Wildman–Crippen LogP) is 6.78. The molecule has 0 aliphatic rings. The third kappa shape index (κ3) is 6.41. The van der Waals surface area contributed by atoms with E-state index in [0.29, 0.717) is 29.6 Å². The molecule has 0 saturated heterocycles. The molecule has 0 fully saturated rings. The minimum Gasteiger partial charge on any atom is -0.352 e.